The molecule has 0 atom stereocenters. The van der Waals surface area contributed by atoms with Gasteiger partial charge in [0.05, 0.1) is 26.1 Å². The van der Waals surface area contributed by atoms with Crippen molar-refractivity contribution in [3.63, 3.8) is 0 Å². The first-order valence-corrected chi connectivity index (χ1v) is 6.23. The van der Waals surface area contributed by atoms with Crippen molar-refractivity contribution in [1.82, 2.24) is 4.98 Å². The summed E-state index contributed by atoms with van der Waals surface area (Å²) in [6, 6.07) is 8.42. The van der Waals surface area contributed by atoms with Crippen molar-refractivity contribution in [1.29, 1.82) is 0 Å². The van der Waals surface area contributed by atoms with Gasteiger partial charge in [0, 0.05) is 0 Å². The number of ether oxygens (including phenoxy) is 3. The molecule has 6 nitrogen and oxygen atoms in total. The molecule has 0 amide bonds. The van der Waals surface area contributed by atoms with Gasteiger partial charge in [0.15, 0.2) is 11.5 Å². The van der Waals surface area contributed by atoms with Crippen LogP contribution in [0.3, 0.4) is 0 Å². The minimum absolute atomic E-state index is 0.116. The Morgan fingerprint density at radius 1 is 1.14 bits per heavy atom. The highest BCUT2D eigenvalue weighted by Crippen LogP contribution is 2.27. The molecule has 1 aromatic carbocycles. The molecular weight excluding hydrogens is 272 g/mol. The van der Waals surface area contributed by atoms with E-state index in [-0.39, 0.29) is 12.3 Å². The van der Waals surface area contributed by atoms with Crippen LogP contribution in [-0.4, -0.2) is 25.2 Å². The molecule has 2 aromatic rings. The van der Waals surface area contributed by atoms with Gasteiger partial charge in [-0.25, -0.2) is 9.78 Å². The minimum Gasteiger partial charge on any atom is -0.493 e. The third-order valence-electron chi connectivity index (χ3n) is 2.81. The van der Waals surface area contributed by atoms with Crippen LogP contribution in [0.1, 0.15) is 16.1 Å². The van der Waals surface area contributed by atoms with E-state index in [9.17, 15) is 4.79 Å². The molecule has 0 radical (unpaired) electrons. The zero-order valence-electron chi connectivity index (χ0n) is 11.8. The first kappa shape index (κ1) is 14.6. The van der Waals surface area contributed by atoms with Crippen LogP contribution in [0.5, 0.6) is 11.5 Å². The van der Waals surface area contributed by atoms with Gasteiger partial charge >= 0.3 is 5.97 Å². The molecule has 21 heavy (non-hydrogen) atoms. The van der Waals surface area contributed by atoms with E-state index in [1.54, 1.807) is 38.5 Å². The standard InChI is InChI=1S/C15H16N2O4/c1-19-13-6-3-10(7-14(13)20-2)9-21-15(18)12-5-4-11(16)8-17-12/h3-8H,9,16H2,1-2H3. The molecule has 0 spiro atoms. The van der Waals surface area contributed by atoms with Crippen LogP contribution in [0.15, 0.2) is 36.5 Å². The van der Waals surface area contributed by atoms with Crippen LogP contribution in [0.25, 0.3) is 0 Å². The number of anilines is 1. The number of carbonyl (C=O) groups excluding carboxylic acids is 1. The van der Waals surface area contributed by atoms with Crippen molar-refractivity contribution in [2.75, 3.05) is 20.0 Å². The molecule has 0 fully saturated rings. The molecule has 2 rings (SSSR count). The molecule has 1 aromatic heterocycles. The molecule has 6 heteroatoms. The first-order valence-electron chi connectivity index (χ1n) is 6.23. The van der Waals surface area contributed by atoms with Gasteiger partial charge in [-0.1, -0.05) is 6.07 Å². The lowest BCUT2D eigenvalue weighted by molar-refractivity contribution is 0.0465. The van der Waals surface area contributed by atoms with Gasteiger partial charge in [0.25, 0.3) is 0 Å². The number of hydrogen-bond donors (Lipinski definition) is 1. The summed E-state index contributed by atoms with van der Waals surface area (Å²) in [6.45, 7) is 0.116. The van der Waals surface area contributed by atoms with Crippen LogP contribution in [0, 0.1) is 0 Å². The number of nitrogens with two attached hydrogens (primary N) is 1. The third kappa shape index (κ3) is 3.62. The van der Waals surface area contributed by atoms with Gasteiger partial charge in [-0.2, -0.15) is 0 Å². The van der Waals surface area contributed by atoms with E-state index in [1.165, 1.54) is 12.3 Å². The fraction of sp³-hybridized carbons (Fsp3) is 0.200. The zero-order chi connectivity index (χ0) is 15.2. The molecule has 1 heterocycles. The molecule has 0 aliphatic heterocycles. The largest absolute Gasteiger partial charge is 0.493 e. The van der Waals surface area contributed by atoms with E-state index in [0.29, 0.717) is 17.2 Å². The predicted molar refractivity (Wildman–Crippen MR) is 77.3 cm³/mol. The van der Waals surface area contributed by atoms with E-state index in [0.717, 1.165) is 5.56 Å². The highest BCUT2D eigenvalue weighted by atomic mass is 16.5. The van der Waals surface area contributed by atoms with Crippen LogP contribution in [-0.2, 0) is 11.3 Å². The Balaban J connectivity index is 2.02. The first-order chi connectivity index (χ1) is 10.1. The molecule has 0 aliphatic carbocycles. The summed E-state index contributed by atoms with van der Waals surface area (Å²) in [6.07, 6.45) is 1.41. The summed E-state index contributed by atoms with van der Waals surface area (Å²) in [4.78, 5) is 15.7. The van der Waals surface area contributed by atoms with Gasteiger partial charge in [0.2, 0.25) is 0 Å². The average Bonchev–Trinajstić information content (AvgIpc) is 2.52. The van der Waals surface area contributed by atoms with Crippen LogP contribution in [0.4, 0.5) is 5.69 Å². The fourth-order valence-corrected chi connectivity index (χ4v) is 1.72. The maximum absolute atomic E-state index is 11.8. The Kier molecular flexibility index (Phi) is 4.61. The van der Waals surface area contributed by atoms with E-state index >= 15 is 0 Å². The molecule has 0 saturated carbocycles. The monoisotopic (exact) mass is 288 g/mol. The van der Waals surface area contributed by atoms with E-state index in [2.05, 4.69) is 4.98 Å². The second-order valence-electron chi connectivity index (χ2n) is 4.24. The lowest BCUT2D eigenvalue weighted by Gasteiger charge is -2.10. The number of benzene rings is 1. The Bertz CT molecular complexity index is 626. The van der Waals surface area contributed by atoms with Gasteiger partial charge in [-0.3, -0.25) is 0 Å². The number of rotatable bonds is 5. The lowest BCUT2D eigenvalue weighted by atomic mass is 10.2. The number of methoxy groups -OCH3 is 2. The molecule has 0 aliphatic rings. The summed E-state index contributed by atoms with van der Waals surface area (Å²) in [5.74, 6) is 0.689. The smallest absolute Gasteiger partial charge is 0.357 e. The van der Waals surface area contributed by atoms with Crippen molar-refractivity contribution in [3.8, 4) is 11.5 Å². The Hall–Kier alpha value is -2.76. The zero-order valence-corrected chi connectivity index (χ0v) is 11.8. The van der Waals surface area contributed by atoms with Crippen LogP contribution in [0.2, 0.25) is 0 Å². The fourth-order valence-electron chi connectivity index (χ4n) is 1.72. The van der Waals surface area contributed by atoms with Gasteiger partial charge in [-0.05, 0) is 29.8 Å². The molecule has 0 saturated heterocycles. The summed E-state index contributed by atoms with van der Waals surface area (Å²) >= 11 is 0. The number of nitrogen functional groups attached to an aromatic ring is 1. The maximum atomic E-state index is 11.8. The second-order valence-corrected chi connectivity index (χ2v) is 4.24. The Morgan fingerprint density at radius 2 is 1.90 bits per heavy atom. The van der Waals surface area contributed by atoms with Crippen LogP contribution >= 0.6 is 0 Å². The molecule has 2 N–H and O–H groups in total. The molecule has 0 bridgehead atoms. The average molecular weight is 288 g/mol. The molecule has 110 valence electrons. The van der Waals surface area contributed by atoms with E-state index < -0.39 is 5.97 Å². The summed E-state index contributed by atoms with van der Waals surface area (Å²) in [5, 5.41) is 0. The van der Waals surface area contributed by atoms with Gasteiger partial charge in [-0.15, -0.1) is 0 Å². The number of hydrogen-bond acceptors (Lipinski definition) is 6. The third-order valence-corrected chi connectivity index (χ3v) is 2.81. The van der Waals surface area contributed by atoms with Gasteiger partial charge < -0.3 is 19.9 Å². The summed E-state index contributed by atoms with van der Waals surface area (Å²) < 4.78 is 15.5. The van der Waals surface area contributed by atoms with Crippen molar-refractivity contribution >= 4 is 11.7 Å². The van der Waals surface area contributed by atoms with Crippen LogP contribution < -0.4 is 15.2 Å². The molecular formula is C15H16N2O4. The predicted octanol–water partition coefficient (Wildman–Crippen LogP) is 2.04. The van der Waals surface area contributed by atoms with Crippen molar-refractivity contribution in [2.45, 2.75) is 6.61 Å². The quantitative estimate of drug-likeness (QED) is 0.848. The second kappa shape index (κ2) is 6.60. The number of carbonyl (C=O) groups is 1. The van der Waals surface area contributed by atoms with Crippen molar-refractivity contribution in [2.24, 2.45) is 0 Å². The van der Waals surface area contributed by atoms with E-state index in [1.807, 2.05) is 0 Å². The minimum atomic E-state index is -0.509. The normalized spacial score (nSPS) is 10.0. The number of aromatic nitrogens is 1. The highest BCUT2D eigenvalue weighted by molar-refractivity contribution is 5.87. The lowest BCUT2D eigenvalue weighted by Crippen LogP contribution is -2.07. The Morgan fingerprint density at radius 3 is 2.52 bits per heavy atom. The summed E-state index contributed by atoms with van der Waals surface area (Å²) in [5.41, 5.74) is 7.00. The van der Waals surface area contributed by atoms with Crippen molar-refractivity contribution in [3.05, 3.63) is 47.8 Å². The number of nitrogens with zero attached hydrogens (tertiary/aromatic N) is 1. The highest BCUT2D eigenvalue weighted by Gasteiger charge is 2.10. The maximum Gasteiger partial charge on any atom is 0.357 e. The number of pyridine rings is 1. The Labute approximate surface area is 122 Å². The molecule has 0 unspecified atom stereocenters. The number of esters is 1. The van der Waals surface area contributed by atoms with Crippen molar-refractivity contribution < 1.29 is 19.0 Å². The van der Waals surface area contributed by atoms with Gasteiger partial charge in [0.1, 0.15) is 12.3 Å². The topological polar surface area (TPSA) is 83.7 Å². The van der Waals surface area contributed by atoms with E-state index in [4.69, 9.17) is 19.9 Å². The summed E-state index contributed by atoms with van der Waals surface area (Å²) in [7, 11) is 3.11. The SMILES string of the molecule is COc1ccc(COC(=O)c2ccc(N)cn2)cc1OC.